The summed E-state index contributed by atoms with van der Waals surface area (Å²) in [6, 6.07) is 0. The number of methoxy groups -OCH3 is 1. The Labute approximate surface area is 152 Å². The summed E-state index contributed by atoms with van der Waals surface area (Å²) in [5.41, 5.74) is -0.591. The van der Waals surface area contributed by atoms with Crippen molar-refractivity contribution in [2.45, 2.75) is 44.8 Å². The lowest BCUT2D eigenvalue weighted by Gasteiger charge is -2.35. The molecule has 2 N–H and O–H groups in total. The predicted octanol–water partition coefficient (Wildman–Crippen LogP) is 0.407. The van der Waals surface area contributed by atoms with Gasteiger partial charge in [0.15, 0.2) is 5.96 Å². The van der Waals surface area contributed by atoms with Crippen molar-refractivity contribution < 1.29 is 17.9 Å². The minimum absolute atomic E-state index is 0.287. The second-order valence-electron chi connectivity index (χ2n) is 7.06. The van der Waals surface area contributed by atoms with E-state index in [-0.39, 0.29) is 6.10 Å². The number of ether oxygens (including phenoxy) is 2. The van der Waals surface area contributed by atoms with Crippen molar-refractivity contribution in [1.29, 1.82) is 0 Å². The molecule has 0 spiro atoms. The molecule has 0 bridgehead atoms. The summed E-state index contributed by atoms with van der Waals surface area (Å²) in [6.45, 7) is 7.34. The molecule has 0 saturated carbocycles. The fourth-order valence-electron chi connectivity index (χ4n) is 2.86. The van der Waals surface area contributed by atoms with Crippen LogP contribution in [-0.2, 0) is 19.5 Å². The van der Waals surface area contributed by atoms with E-state index in [2.05, 4.69) is 19.9 Å². The summed E-state index contributed by atoms with van der Waals surface area (Å²) in [4.78, 5) is 6.51. The van der Waals surface area contributed by atoms with E-state index in [1.54, 1.807) is 14.2 Å². The molecular weight excluding hydrogens is 344 g/mol. The van der Waals surface area contributed by atoms with Gasteiger partial charge < -0.3 is 19.7 Å². The van der Waals surface area contributed by atoms with Gasteiger partial charge in [-0.3, -0.25) is 4.99 Å². The molecule has 1 saturated heterocycles. The summed E-state index contributed by atoms with van der Waals surface area (Å²) in [7, 11) is 0.190. The van der Waals surface area contributed by atoms with E-state index < -0.39 is 15.6 Å². The maximum atomic E-state index is 11.4. The van der Waals surface area contributed by atoms with E-state index >= 15 is 0 Å². The van der Waals surface area contributed by atoms with Crippen LogP contribution in [0.4, 0.5) is 0 Å². The number of likely N-dealkylation sites (tertiary alicyclic amines) is 1. The van der Waals surface area contributed by atoms with E-state index in [0.29, 0.717) is 6.54 Å². The maximum Gasteiger partial charge on any atom is 0.209 e. The van der Waals surface area contributed by atoms with E-state index in [0.717, 1.165) is 51.5 Å². The number of hydrogen-bond donors (Lipinski definition) is 2. The first-order valence-electron chi connectivity index (χ1n) is 8.72. The molecule has 0 aromatic rings. The van der Waals surface area contributed by atoms with Crippen LogP contribution in [0.2, 0.25) is 0 Å². The SMILES string of the molecule is CN=C(NCC(C)(C)NS(C)(=O)=O)N1CCC(OCCCOC)CC1. The predicted molar refractivity (Wildman–Crippen MR) is 100 cm³/mol. The van der Waals surface area contributed by atoms with Crippen LogP contribution in [0.3, 0.4) is 0 Å². The van der Waals surface area contributed by atoms with Crippen LogP contribution in [0.25, 0.3) is 0 Å². The van der Waals surface area contributed by atoms with Crippen LogP contribution in [-0.4, -0.2) is 84.2 Å². The lowest BCUT2D eigenvalue weighted by molar-refractivity contribution is 0.00987. The van der Waals surface area contributed by atoms with Crippen molar-refractivity contribution in [2.75, 3.05) is 53.3 Å². The molecule has 0 radical (unpaired) electrons. The monoisotopic (exact) mass is 378 g/mol. The Hall–Kier alpha value is -0.900. The molecule has 0 aromatic heterocycles. The summed E-state index contributed by atoms with van der Waals surface area (Å²) < 4.78 is 36.4. The largest absolute Gasteiger partial charge is 0.385 e. The number of piperidine rings is 1. The molecule has 0 aromatic carbocycles. The van der Waals surface area contributed by atoms with Gasteiger partial charge in [0, 0.05) is 52.5 Å². The zero-order valence-electron chi connectivity index (χ0n) is 16.2. The zero-order chi connectivity index (χ0) is 18.9. The minimum atomic E-state index is -3.25. The van der Waals surface area contributed by atoms with E-state index in [1.165, 1.54) is 6.26 Å². The van der Waals surface area contributed by atoms with Crippen LogP contribution < -0.4 is 10.0 Å². The van der Waals surface area contributed by atoms with Crippen molar-refractivity contribution in [1.82, 2.24) is 14.9 Å². The Kier molecular flexibility index (Phi) is 9.12. The Bertz CT molecular complexity index is 514. The van der Waals surface area contributed by atoms with Crippen molar-refractivity contribution in [3.63, 3.8) is 0 Å². The van der Waals surface area contributed by atoms with Crippen LogP contribution in [0, 0.1) is 0 Å². The summed E-state index contributed by atoms with van der Waals surface area (Å²) in [5.74, 6) is 0.793. The molecule has 8 nitrogen and oxygen atoms in total. The van der Waals surface area contributed by atoms with Gasteiger partial charge in [0.05, 0.1) is 12.4 Å². The topological polar surface area (TPSA) is 92.3 Å². The Morgan fingerprint density at radius 1 is 1.28 bits per heavy atom. The third-order valence-corrected chi connectivity index (χ3v) is 4.87. The van der Waals surface area contributed by atoms with Gasteiger partial charge in [0.25, 0.3) is 0 Å². The molecule has 1 fully saturated rings. The highest BCUT2D eigenvalue weighted by Gasteiger charge is 2.25. The number of hydrogen-bond acceptors (Lipinski definition) is 5. The van der Waals surface area contributed by atoms with Crippen molar-refractivity contribution >= 4 is 16.0 Å². The molecule has 0 aliphatic carbocycles. The van der Waals surface area contributed by atoms with Gasteiger partial charge in [-0.05, 0) is 33.1 Å². The molecular formula is C16H34N4O4S. The van der Waals surface area contributed by atoms with Gasteiger partial charge in [-0.15, -0.1) is 0 Å². The normalized spacial score (nSPS) is 17.8. The summed E-state index contributed by atoms with van der Waals surface area (Å²) in [5, 5.41) is 3.27. The molecule has 148 valence electrons. The highest BCUT2D eigenvalue weighted by atomic mass is 32.2. The molecule has 0 atom stereocenters. The number of nitrogens with one attached hydrogen (secondary N) is 2. The van der Waals surface area contributed by atoms with E-state index in [4.69, 9.17) is 9.47 Å². The summed E-state index contributed by atoms with van der Waals surface area (Å²) in [6.07, 6.45) is 4.29. The van der Waals surface area contributed by atoms with Gasteiger partial charge in [-0.1, -0.05) is 0 Å². The van der Waals surface area contributed by atoms with Crippen LogP contribution in [0.15, 0.2) is 4.99 Å². The van der Waals surface area contributed by atoms with Gasteiger partial charge >= 0.3 is 0 Å². The third-order valence-electron chi connectivity index (χ3n) is 3.95. The van der Waals surface area contributed by atoms with Crippen LogP contribution in [0.5, 0.6) is 0 Å². The molecule has 1 rings (SSSR count). The fraction of sp³-hybridized carbons (Fsp3) is 0.938. The number of rotatable bonds is 9. The van der Waals surface area contributed by atoms with E-state index in [1.807, 2.05) is 13.8 Å². The number of guanidine groups is 1. The second-order valence-corrected chi connectivity index (χ2v) is 8.81. The molecule has 1 aliphatic rings. The lowest BCUT2D eigenvalue weighted by atomic mass is 10.1. The first kappa shape index (κ1) is 22.1. The number of nitrogens with zero attached hydrogens (tertiary/aromatic N) is 2. The molecule has 25 heavy (non-hydrogen) atoms. The van der Waals surface area contributed by atoms with Gasteiger partial charge in [0.2, 0.25) is 10.0 Å². The van der Waals surface area contributed by atoms with Gasteiger partial charge in [-0.2, -0.15) is 0 Å². The second kappa shape index (κ2) is 10.3. The zero-order valence-corrected chi connectivity index (χ0v) is 17.0. The highest BCUT2D eigenvalue weighted by molar-refractivity contribution is 7.88. The average molecular weight is 379 g/mol. The quantitative estimate of drug-likeness (QED) is 0.343. The van der Waals surface area contributed by atoms with Gasteiger partial charge in [-0.25, -0.2) is 13.1 Å². The highest BCUT2D eigenvalue weighted by Crippen LogP contribution is 2.14. The molecule has 1 aliphatic heterocycles. The molecule has 0 unspecified atom stereocenters. The molecule has 0 amide bonds. The van der Waals surface area contributed by atoms with Crippen molar-refractivity contribution in [3.8, 4) is 0 Å². The number of sulfonamides is 1. The Morgan fingerprint density at radius 2 is 1.92 bits per heavy atom. The van der Waals surface area contributed by atoms with Gasteiger partial charge in [0.1, 0.15) is 0 Å². The first-order valence-corrected chi connectivity index (χ1v) is 10.6. The average Bonchev–Trinajstić information content (AvgIpc) is 2.51. The van der Waals surface area contributed by atoms with Crippen LogP contribution >= 0.6 is 0 Å². The standard InChI is InChI=1S/C16H34N4O4S/c1-16(2,19-25(5,21)22)13-18-15(17-3)20-9-7-14(8-10-20)24-12-6-11-23-4/h14,19H,6-13H2,1-5H3,(H,17,18). The number of aliphatic imine (C=N–C) groups is 1. The minimum Gasteiger partial charge on any atom is -0.385 e. The Balaban J connectivity index is 2.39. The van der Waals surface area contributed by atoms with Crippen LogP contribution in [0.1, 0.15) is 33.1 Å². The molecule has 9 heteroatoms. The lowest BCUT2D eigenvalue weighted by Crippen LogP contribution is -2.54. The van der Waals surface area contributed by atoms with Crippen molar-refractivity contribution in [2.24, 2.45) is 4.99 Å². The summed E-state index contributed by atoms with van der Waals surface area (Å²) >= 11 is 0. The van der Waals surface area contributed by atoms with E-state index in [9.17, 15) is 8.42 Å². The maximum absolute atomic E-state index is 11.4. The third kappa shape index (κ3) is 9.39. The fourth-order valence-corrected chi connectivity index (χ4v) is 3.93. The Morgan fingerprint density at radius 3 is 2.44 bits per heavy atom. The van der Waals surface area contributed by atoms with Crippen molar-refractivity contribution in [3.05, 3.63) is 0 Å². The smallest absolute Gasteiger partial charge is 0.209 e. The molecule has 1 heterocycles. The first-order chi connectivity index (χ1) is 11.7.